The van der Waals surface area contributed by atoms with Gasteiger partial charge in [-0.25, -0.2) is 0 Å². The average Bonchev–Trinajstić information content (AvgIpc) is 2.30. The number of hydrogen-bond acceptors (Lipinski definition) is 2. The lowest BCUT2D eigenvalue weighted by Crippen LogP contribution is -2.38. The van der Waals surface area contributed by atoms with Crippen LogP contribution in [0, 0.1) is 0 Å². The van der Waals surface area contributed by atoms with E-state index in [1.165, 1.54) is 5.56 Å². The molecule has 1 unspecified atom stereocenters. The van der Waals surface area contributed by atoms with Crippen molar-refractivity contribution in [1.29, 1.82) is 0 Å². The summed E-state index contributed by atoms with van der Waals surface area (Å²) in [4.78, 5) is 0. The van der Waals surface area contributed by atoms with Gasteiger partial charge in [-0.1, -0.05) is 37.3 Å². The van der Waals surface area contributed by atoms with Crippen LogP contribution in [0.3, 0.4) is 0 Å². The van der Waals surface area contributed by atoms with E-state index in [-0.39, 0.29) is 5.92 Å². The van der Waals surface area contributed by atoms with Gasteiger partial charge in [0.15, 0.2) is 5.79 Å². The highest BCUT2D eigenvalue weighted by atomic mass is 16.7. The van der Waals surface area contributed by atoms with Crippen molar-refractivity contribution in [3.8, 4) is 0 Å². The largest absolute Gasteiger partial charge is 0.350 e. The molecule has 0 fully saturated rings. The van der Waals surface area contributed by atoms with E-state index in [0.29, 0.717) is 13.2 Å². The first kappa shape index (κ1) is 13.2. The van der Waals surface area contributed by atoms with Crippen LogP contribution in [0.4, 0.5) is 0 Å². The summed E-state index contributed by atoms with van der Waals surface area (Å²) >= 11 is 0. The molecule has 1 atom stereocenters. The Morgan fingerprint density at radius 3 is 2.00 bits per heavy atom. The van der Waals surface area contributed by atoms with Crippen molar-refractivity contribution < 1.29 is 9.47 Å². The predicted molar refractivity (Wildman–Crippen MR) is 66.5 cm³/mol. The minimum Gasteiger partial charge on any atom is -0.350 e. The monoisotopic (exact) mass is 222 g/mol. The van der Waals surface area contributed by atoms with Crippen LogP contribution in [0.15, 0.2) is 30.3 Å². The van der Waals surface area contributed by atoms with Crippen LogP contribution in [0.5, 0.6) is 0 Å². The Bertz CT molecular complexity index is 289. The van der Waals surface area contributed by atoms with E-state index in [4.69, 9.17) is 9.47 Å². The molecule has 90 valence electrons. The van der Waals surface area contributed by atoms with E-state index in [0.717, 1.165) is 0 Å². The van der Waals surface area contributed by atoms with Gasteiger partial charge in [-0.05, 0) is 26.3 Å². The molecule has 0 aliphatic carbocycles. The highest BCUT2D eigenvalue weighted by molar-refractivity contribution is 5.20. The zero-order chi connectivity index (χ0) is 12.0. The number of rotatable bonds is 6. The first-order valence-corrected chi connectivity index (χ1v) is 5.97. The Kier molecular flexibility index (Phi) is 4.97. The van der Waals surface area contributed by atoms with Crippen LogP contribution in [-0.4, -0.2) is 19.0 Å². The lowest BCUT2D eigenvalue weighted by atomic mass is 9.93. The van der Waals surface area contributed by atoms with Crippen LogP contribution in [0.1, 0.15) is 39.2 Å². The van der Waals surface area contributed by atoms with Crippen LogP contribution in [0.25, 0.3) is 0 Å². The maximum atomic E-state index is 5.76. The van der Waals surface area contributed by atoms with Gasteiger partial charge < -0.3 is 9.47 Å². The Morgan fingerprint density at radius 1 is 1.06 bits per heavy atom. The Labute approximate surface area is 98.6 Å². The molecule has 0 aliphatic rings. The van der Waals surface area contributed by atoms with Crippen molar-refractivity contribution in [3.63, 3.8) is 0 Å². The molecule has 2 nitrogen and oxygen atoms in total. The molecule has 0 radical (unpaired) electrons. The van der Waals surface area contributed by atoms with Crippen molar-refractivity contribution in [2.45, 2.75) is 39.4 Å². The quantitative estimate of drug-likeness (QED) is 0.685. The predicted octanol–water partition coefficient (Wildman–Crippen LogP) is 3.58. The van der Waals surface area contributed by atoms with Gasteiger partial charge in [0.1, 0.15) is 0 Å². The molecule has 16 heavy (non-hydrogen) atoms. The summed E-state index contributed by atoms with van der Waals surface area (Å²) in [7, 11) is 0. The van der Waals surface area contributed by atoms with Gasteiger partial charge in [-0.2, -0.15) is 0 Å². The lowest BCUT2D eigenvalue weighted by Gasteiger charge is -2.35. The number of hydrogen-bond donors (Lipinski definition) is 0. The summed E-state index contributed by atoms with van der Waals surface area (Å²) in [5.41, 5.74) is 1.24. The first-order chi connectivity index (χ1) is 7.64. The van der Waals surface area contributed by atoms with Gasteiger partial charge in [0.2, 0.25) is 0 Å². The van der Waals surface area contributed by atoms with Crippen molar-refractivity contribution in [3.05, 3.63) is 35.9 Å². The Morgan fingerprint density at radius 2 is 1.56 bits per heavy atom. The van der Waals surface area contributed by atoms with Gasteiger partial charge in [-0.3, -0.25) is 0 Å². The molecule has 2 heteroatoms. The molecule has 1 aromatic rings. The SMILES string of the molecule is CCOC(C)(OCC)C(C)c1ccccc1. The van der Waals surface area contributed by atoms with Gasteiger partial charge in [0.25, 0.3) is 0 Å². The van der Waals surface area contributed by atoms with Crippen LogP contribution in [0.2, 0.25) is 0 Å². The molecule has 0 amide bonds. The smallest absolute Gasteiger partial charge is 0.171 e. The Balaban J connectivity index is 2.86. The summed E-state index contributed by atoms with van der Waals surface area (Å²) in [5, 5.41) is 0. The van der Waals surface area contributed by atoms with Gasteiger partial charge >= 0.3 is 0 Å². The average molecular weight is 222 g/mol. The highest BCUT2D eigenvalue weighted by Gasteiger charge is 2.33. The molecule has 1 aromatic carbocycles. The normalized spacial score (nSPS) is 13.8. The molecule has 0 aliphatic heterocycles. The number of benzene rings is 1. The second-order valence-corrected chi connectivity index (χ2v) is 4.01. The van der Waals surface area contributed by atoms with Gasteiger partial charge in [0.05, 0.1) is 0 Å². The van der Waals surface area contributed by atoms with E-state index in [1.807, 2.05) is 39.0 Å². The molecule has 0 aromatic heterocycles. The summed E-state index contributed by atoms with van der Waals surface area (Å²) < 4.78 is 11.5. The maximum absolute atomic E-state index is 5.76. The van der Waals surface area contributed by atoms with Crippen LogP contribution in [-0.2, 0) is 9.47 Å². The molecule has 0 N–H and O–H groups in total. The minimum atomic E-state index is -0.537. The third kappa shape index (κ3) is 3.06. The summed E-state index contributed by atoms with van der Waals surface area (Å²) in [6, 6.07) is 10.3. The second kappa shape index (κ2) is 6.02. The molecular formula is C14H22O2. The molecule has 0 spiro atoms. The molecule has 0 saturated carbocycles. The van der Waals surface area contributed by atoms with Crippen molar-refractivity contribution >= 4 is 0 Å². The van der Waals surface area contributed by atoms with E-state index >= 15 is 0 Å². The number of ether oxygens (including phenoxy) is 2. The summed E-state index contributed by atoms with van der Waals surface area (Å²) in [5.74, 6) is -0.321. The third-order valence-electron chi connectivity index (χ3n) is 2.95. The second-order valence-electron chi connectivity index (χ2n) is 4.01. The highest BCUT2D eigenvalue weighted by Crippen LogP contribution is 2.32. The van der Waals surface area contributed by atoms with E-state index in [9.17, 15) is 0 Å². The molecule has 0 saturated heterocycles. The third-order valence-corrected chi connectivity index (χ3v) is 2.95. The fraction of sp³-hybridized carbons (Fsp3) is 0.571. The maximum Gasteiger partial charge on any atom is 0.171 e. The van der Waals surface area contributed by atoms with Crippen molar-refractivity contribution in [1.82, 2.24) is 0 Å². The van der Waals surface area contributed by atoms with Crippen molar-refractivity contribution in [2.75, 3.05) is 13.2 Å². The van der Waals surface area contributed by atoms with E-state index < -0.39 is 5.79 Å². The zero-order valence-electron chi connectivity index (χ0n) is 10.7. The topological polar surface area (TPSA) is 18.5 Å². The minimum absolute atomic E-state index is 0.216. The van der Waals surface area contributed by atoms with E-state index in [2.05, 4.69) is 19.1 Å². The zero-order valence-corrected chi connectivity index (χ0v) is 10.7. The van der Waals surface area contributed by atoms with Crippen molar-refractivity contribution in [2.24, 2.45) is 0 Å². The van der Waals surface area contributed by atoms with E-state index in [1.54, 1.807) is 0 Å². The first-order valence-electron chi connectivity index (χ1n) is 5.97. The van der Waals surface area contributed by atoms with Crippen LogP contribution >= 0.6 is 0 Å². The molecule has 0 heterocycles. The van der Waals surface area contributed by atoms with Gasteiger partial charge in [-0.15, -0.1) is 0 Å². The van der Waals surface area contributed by atoms with Gasteiger partial charge in [0, 0.05) is 19.1 Å². The summed E-state index contributed by atoms with van der Waals surface area (Å²) in [6.45, 7) is 9.46. The summed E-state index contributed by atoms with van der Waals surface area (Å²) in [6.07, 6.45) is 0. The van der Waals surface area contributed by atoms with Crippen LogP contribution < -0.4 is 0 Å². The standard InChI is InChI=1S/C14H22O2/c1-5-15-14(4,16-6-2)12(3)13-10-8-7-9-11-13/h7-12H,5-6H2,1-4H3. The fourth-order valence-corrected chi connectivity index (χ4v) is 1.91. The molecule has 0 bridgehead atoms. The molecule has 1 rings (SSSR count). The Hall–Kier alpha value is -0.860. The lowest BCUT2D eigenvalue weighted by molar-refractivity contribution is -0.232. The fourth-order valence-electron chi connectivity index (χ4n) is 1.91. The molecular weight excluding hydrogens is 200 g/mol.